The average molecular weight is 330 g/mol. The van der Waals surface area contributed by atoms with Crippen molar-refractivity contribution >= 4 is 23.2 Å². The first-order chi connectivity index (χ1) is 9.71. The first kappa shape index (κ1) is 16.1. The van der Waals surface area contributed by atoms with Gasteiger partial charge < -0.3 is 9.84 Å². The summed E-state index contributed by atoms with van der Waals surface area (Å²) in [7, 11) is 0. The van der Waals surface area contributed by atoms with Crippen LogP contribution in [0.25, 0.3) is 0 Å². The minimum atomic E-state index is -1.20. The van der Waals surface area contributed by atoms with Crippen molar-refractivity contribution in [2.75, 3.05) is 0 Å². The van der Waals surface area contributed by atoms with Crippen LogP contribution >= 0.6 is 23.2 Å². The van der Waals surface area contributed by atoms with Gasteiger partial charge in [-0.1, -0.05) is 23.2 Å². The third-order valence-electron chi connectivity index (χ3n) is 3.52. The van der Waals surface area contributed by atoms with Gasteiger partial charge >= 0.3 is 0 Å². The van der Waals surface area contributed by atoms with E-state index in [4.69, 9.17) is 27.9 Å². The van der Waals surface area contributed by atoms with Gasteiger partial charge in [0.25, 0.3) is 0 Å². The molecule has 0 bridgehead atoms. The molecule has 1 heterocycles. The lowest BCUT2D eigenvalue weighted by Gasteiger charge is -2.39. The second kappa shape index (κ2) is 5.83. The van der Waals surface area contributed by atoms with E-state index in [2.05, 4.69) is 15.2 Å². The summed E-state index contributed by atoms with van der Waals surface area (Å²) in [5, 5.41) is 18.2. The highest BCUT2D eigenvalue weighted by Gasteiger charge is 2.42. The number of hydrogen-bond acceptors (Lipinski definition) is 4. The molecule has 0 aliphatic carbocycles. The van der Waals surface area contributed by atoms with Crippen molar-refractivity contribution in [1.29, 1.82) is 0 Å². The molecule has 1 atom stereocenters. The van der Waals surface area contributed by atoms with Crippen LogP contribution in [-0.4, -0.2) is 31.5 Å². The standard InChI is InChI=1S/C14H17Cl2N3O2/c1-13(2,14(3,20)7-12-17-8-18-19-12)21-11-5-4-9(15)6-10(11)16/h4-6,8,20H,7H2,1-3H3,(H,17,18,19). The Balaban J connectivity index is 2.19. The summed E-state index contributed by atoms with van der Waals surface area (Å²) < 4.78 is 5.89. The first-order valence-corrected chi connectivity index (χ1v) is 7.18. The summed E-state index contributed by atoms with van der Waals surface area (Å²) in [4.78, 5) is 4.03. The van der Waals surface area contributed by atoms with Crippen molar-refractivity contribution in [3.63, 3.8) is 0 Å². The maximum absolute atomic E-state index is 10.7. The van der Waals surface area contributed by atoms with Gasteiger partial charge in [-0.25, -0.2) is 4.98 Å². The predicted molar refractivity (Wildman–Crippen MR) is 81.9 cm³/mol. The van der Waals surface area contributed by atoms with Crippen LogP contribution in [0, 0.1) is 0 Å². The fourth-order valence-corrected chi connectivity index (χ4v) is 2.23. The van der Waals surface area contributed by atoms with Gasteiger partial charge in [0.1, 0.15) is 23.3 Å². The monoisotopic (exact) mass is 329 g/mol. The molecule has 21 heavy (non-hydrogen) atoms. The van der Waals surface area contributed by atoms with E-state index in [-0.39, 0.29) is 6.42 Å². The Morgan fingerprint density at radius 1 is 1.29 bits per heavy atom. The molecule has 0 amide bonds. The van der Waals surface area contributed by atoms with Gasteiger partial charge in [-0.05, 0) is 39.0 Å². The first-order valence-electron chi connectivity index (χ1n) is 6.42. The van der Waals surface area contributed by atoms with Crippen LogP contribution in [0.1, 0.15) is 26.6 Å². The van der Waals surface area contributed by atoms with E-state index in [1.165, 1.54) is 6.33 Å². The van der Waals surface area contributed by atoms with Crippen molar-refractivity contribution in [1.82, 2.24) is 15.2 Å². The normalized spacial score (nSPS) is 14.8. The summed E-state index contributed by atoms with van der Waals surface area (Å²) in [6.07, 6.45) is 1.71. The fraction of sp³-hybridized carbons (Fsp3) is 0.429. The molecule has 0 aliphatic rings. The largest absolute Gasteiger partial charge is 0.483 e. The molecule has 2 rings (SSSR count). The minimum absolute atomic E-state index is 0.245. The van der Waals surface area contributed by atoms with Gasteiger partial charge in [0, 0.05) is 11.4 Å². The van der Waals surface area contributed by atoms with Crippen molar-refractivity contribution < 1.29 is 9.84 Å². The lowest BCUT2D eigenvalue weighted by atomic mass is 9.84. The fourth-order valence-electron chi connectivity index (χ4n) is 1.78. The summed E-state index contributed by atoms with van der Waals surface area (Å²) in [6.45, 7) is 5.24. The number of aromatic nitrogens is 3. The quantitative estimate of drug-likeness (QED) is 0.883. The summed E-state index contributed by atoms with van der Waals surface area (Å²) in [6, 6.07) is 4.95. The number of benzene rings is 1. The Labute approximate surface area is 133 Å². The van der Waals surface area contributed by atoms with Gasteiger partial charge in [0.2, 0.25) is 0 Å². The van der Waals surface area contributed by atoms with Crippen LogP contribution < -0.4 is 4.74 Å². The topological polar surface area (TPSA) is 71.0 Å². The zero-order valence-electron chi connectivity index (χ0n) is 12.0. The number of ether oxygens (including phenoxy) is 1. The second-order valence-corrected chi connectivity index (χ2v) is 6.40. The van der Waals surface area contributed by atoms with E-state index in [1.54, 1.807) is 39.0 Å². The van der Waals surface area contributed by atoms with Crippen LogP contribution in [-0.2, 0) is 6.42 Å². The molecule has 114 valence electrons. The van der Waals surface area contributed by atoms with Crippen LogP contribution in [0.15, 0.2) is 24.5 Å². The van der Waals surface area contributed by atoms with Crippen LogP contribution in [0.2, 0.25) is 10.0 Å². The Kier molecular flexibility index (Phi) is 4.46. The summed E-state index contributed by atoms with van der Waals surface area (Å²) in [5.74, 6) is 0.972. The number of hydrogen-bond donors (Lipinski definition) is 2. The molecule has 0 saturated carbocycles. The third-order valence-corrected chi connectivity index (χ3v) is 4.05. The van der Waals surface area contributed by atoms with Crippen molar-refractivity contribution in [3.05, 3.63) is 40.4 Å². The molecule has 5 nitrogen and oxygen atoms in total. The highest BCUT2D eigenvalue weighted by atomic mass is 35.5. The highest BCUT2D eigenvalue weighted by Crippen LogP contribution is 2.35. The van der Waals surface area contributed by atoms with E-state index in [9.17, 15) is 5.11 Å². The molecule has 1 aromatic heterocycles. The lowest BCUT2D eigenvalue weighted by Crippen LogP contribution is -2.53. The maximum atomic E-state index is 10.7. The molecule has 0 fully saturated rings. The number of nitrogens with zero attached hydrogens (tertiary/aromatic N) is 2. The van der Waals surface area contributed by atoms with E-state index < -0.39 is 11.2 Å². The van der Waals surface area contributed by atoms with Crippen molar-refractivity contribution in [2.24, 2.45) is 0 Å². The van der Waals surface area contributed by atoms with Gasteiger partial charge in [-0.15, -0.1) is 0 Å². The van der Waals surface area contributed by atoms with Crippen LogP contribution in [0.5, 0.6) is 5.75 Å². The molecule has 0 spiro atoms. The number of aromatic amines is 1. The van der Waals surface area contributed by atoms with Gasteiger partial charge in [0.15, 0.2) is 5.82 Å². The molecule has 1 unspecified atom stereocenters. The summed E-state index contributed by atoms with van der Waals surface area (Å²) >= 11 is 12.0. The maximum Gasteiger partial charge on any atom is 0.153 e. The van der Waals surface area contributed by atoms with Crippen molar-refractivity contribution in [2.45, 2.75) is 38.4 Å². The predicted octanol–water partition coefficient (Wildman–Crippen LogP) is 3.26. The molecular weight excluding hydrogens is 313 g/mol. The van der Waals surface area contributed by atoms with Crippen LogP contribution in [0.4, 0.5) is 0 Å². The van der Waals surface area contributed by atoms with Crippen LogP contribution in [0.3, 0.4) is 0 Å². The smallest absolute Gasteiger partial charge is 0.153 e. The third kappa shape index (κ3) is 3.67. The number of halogens is 2. The Hall–Kier alpha value is -1.30. The number of rotatable bonds is 5. The second-order valence-electron chi connectivity index (χ2n) is 5.55. The molecule has 7 heteroatoms. The molecule has 0 saturated heterocycles. The molecular formula is C14H17Cl2N3O2. The average Bonchev–Trinajstić information content (AvgIpc) is 2.84. The number of nitrogens with one attached hydrogen (secondary N) is 1. The Bertz CT molecular complexity index is 613. The summed E-state index contributed by atoms with van der Waals surface area (Å²) in [5.41, 5.74) is -2.11. The van der Waals surface area contributed by atoms with Gasteiger partial charge in [-0.3, -0.25) is 5.10 Å². The van der Waals surface area contributed by atoms with Crippen molar-refractivity contribution in [3.8, 4) is 5.75 Å². The van der Waals surface area contributed by atoms with E-state index in [1.807, 2.05) is 0 Å². The Morgan fingerprint density at radius 3 is 2.57 bits per heavy atom. The van der Waals surface area contributed by atoms with Gasteiger partial charge in [-0.2, -0.15) is 5.10 Å². The SMILES string of the molecule is CC(O)(Cc1nc[nH]n1)C(C)(C)Oc1ccc(Cl)cc1Cl. The minimum Gasteiger partial charge on any atom is -0.483 e. The van der Waals surface area contributed by atoms with E-state index in [0.29, 0.717) is 21.6 Å². The van der Waals surface area contributed by atoms with E-state index in [0.717, 1.165) is 0 Å². The molecule has 0 aliphatic heterocycles. The molecule has 0 radical (unpaired) electrons. The Morgan fingerprint density at radius 2 is 2.00 bits per heavy atom. The molecule has 1 aromatic carbocycles. The highest BCUT2D eigenvalue weighted by molar-refractivity contribution is 6.35. The lowest BCUT2D eigenvalue weighted by molar-refractivity contribution is -0.103. The molecule has 2 aromatic rings. The van der Waals surface area contributed by atoms with E-state index >= 15 is 0 Å². The zero-order valence-corrected chi connectivity index (χ0v) is 13.5. The number of H-pyrrole nitrogens is 1. The number of aliphatic hydroxyl groups is 1. The van der Waals surface area contributed by atoms with Gasteiger partial charge in [0.05, 0.1) is 5.02 Å². The zero-order chi connectivity index (χ0) is 15.7. The molecule has 2 N–H and O–H groups in total.